The molecule has 1 aliphatic rings. The average Bonchev–Trinajstić information content (AvgIpc) is 2.60. The lowest BCUT2D eigenvalue weighted by Gasteiger charge is -2.32. The summed E-state index contributed by atoms with van der Waals surface area (Å²) >= 11 is 0. The molecule has 0 bridgehead atoms. The maximum Gasteiger partial charge on any atom is 0.281 e. The number of nitrogens with one attached hydrogen (secondary N) is 1. The predicted octanol–water partition coefficient (Wildman–Crippen LogP) is 1.09. The molecule has 2 rings (SSSR count). The Labute approximate surface area is 150 Å². The fourth-order valence-electron chi connectivity index (χ4n) is 2.72. The van der Waals surface area contributed by atoms with Crippen LogP contribution < -0.4 is 10.1 Å². The number of benzene rings is 1. The highest BCUT2D eigenvalue weighted by atomic mass is 32.2. The van der Waals surface area contributed by atoms with Crippen LogP contribution in [0.3, 0.4) is 0 Å². The summed E-state index contributed by atoms with van der Waals surface area (Å²) in [6.45, 7) is 3.02. The van der Waals surface area contributed by atoms with Crippen molar-refractivity contribution in [1.82, 2.24) is 13.9 Å². The lowest BCUT2D eigenvalue weighted by molar-refractivity contribution is -0.126. The summed E-state index contributed by atoms with van der Waals surface area (Å²) in [5.74, 6) is 0.574. The van der Waals surface area contributed by atoms with Crippen molar-refractivity contribution >= 4 is 16.1 Å². The van der Waals surface area contributed by atoms with Crippen molar-refractivity contribution < 1.29 is 17.9 Å². The third kappa shape index (κ3) is 5.42. The fraction of sp³-hybridized carbons (Fsp3) is 0.588. The molecule has 1 N–H and O–H groups in total. The number of carbonyl (C=O) groups is 1. The molecule has 0 spiro atoms. The molecule has 0 aromatic heterocycles. The van der Waals surface area contributed by atoms with Crippen LogP contribution in [-0.2, 0) is 15.0 Å². The largest absolute Gasteiger partial charge is 0.491 e. The van der Waals surface area contributed by atoms with E-state index in [2.05, 4.69) is 5.32 Å². The topological polar surface area (TPSA) is 79.0 Å². The van der Waals surface area contributed by atoms with Crippen molar-refractivity contribution in [1.29, 1.82) is 0 Å². The van der Waals surface area contributed by atoms with Gasteiger partial charge in [0, 0.05) is 33.1 Å². The van der Waals surface area contributed by atoms with Gasteiger partial charge in [-0.2, -0.15) is 17.0 Å². The van der Waals surface area contributed by atoms with E-state index in [9.17, 15) is 13.2 Å². The summed E-state index contributed by atoms with van der Waals surface area (Å²) in [7, 11) is -0.364. The SMILES string of the molecule is C[C@H](COc1ccccc1)NC(=O)C1CCN(S(=O)(=O)N(C)C)CC1. The van der Waals surface area contributed by atoms with Crippen molar-refractivity contribution in [3.63, 3.8) is 0 Å². The molecule has 1 heterocycles. The summed E-state index contributed by atoms with van der Waals surface area (Å²) < 4.78 is 32.5. The monoisotopic (exact) mass is 369 g/mol. The second kappa shape index (κ2) is 8.64. The van der Waals surface area contributed by atoms with Crippen LogP contribution in [0.4, 0.5) is 0 Å². The van der Waals surface area contributed by atoms with Gasteiger partial charge in [-0.15, -0.1) is 0 Å². The Morgan fingerprint density at radius 2 is 1.88 bits per heavy atom. The maximum absolute atomic E-state index is 12.4. The van der Waals surface area contributed by atoms with Gasteiger partial charge in [0.05, 0.1) is 6.04 Å². The van der Waals surface area contributed by atoms with E-state index in [-0.39, 0.29) is 17.9 Å². The van der Waals surface area contributed by atoms with Gasteiger partial charge >= 0.3 is 0 Å². The molecule has 0 saturated carbocycles. The van der Waals surface area contributed by atoms with E-state index in [1.165, 1.54) is 22.7 Å². The fourth-order valence-corrected chi connectivity index (χ4v) is 3.85. The number of rotatable bonds is 7. The number of hydrogen-bond donors (Lipinski definition) is 1. The number of carbonyl (C=O) groups excluding carboxylic acids is 1. The zero-order chi connectivity index (χ0) is 18.4. The standard InChI is InChI=1S/C17H27N3O4S/c1-14(13-24-16-7-5-4-6-8-16)18-17(21)15-9-11-20(12-10-15)25(22,23)19(2)3/h4-8,14-15H,9-13H2,1-3H3,(H,18,21)/t14-/m1/s1. The van der Waals surface area contributed by atoms with Crippen molar-refractivity contribution in [2.75, 3.05) is 33.8 Å². The second-order valence-electron chi connectivity index (χ2n) is 6.50. The van der Waals surface area contributed by atoms with E-state index in [1.54, 1.807) is 0 Å². The van der Waals surface area contributed by atoms with E-state index in [1.807, 2.05) is 37.3 Å². The number of amides is 1. The van der Waals surface area contributed by atoms with Gasteiger partial charge < -0.3 is 10.1 Å². The van der Waals surface area contributed by atoms with Gasteiger partial charge in [-0.25, -0.2) is 0 Å². The van der Waals surface area contributed by atoms with Gasteiger partial charge in [0.1, 0.15) is 12.4 Å². The van der Waals surface area contributed by atoms with Crippen LogP contribution in [0.15, 0.2) is 30.3 Å². The van der Waals surface area contributed by atoms with Crippen LogP contribution in [-0.4, -0.2) is 62.8 Å². The molecule has 1 aliphatic heterocycles. The average molecular weight is 369 g/mol. The smallest absolute Gasteiger partial charge is 0.281 e. The van der Waals surface area contributed by atoms with Crippen LogP contribution in [0.5, 0.6) is 5.75 Å². The van der Waals surface area contributed by atoms with Gasteiger partial charge in [-0.05, 0) is 31.9 Å². The van der Waals surface area contributed by atoms with E-state index >= 15 is 0 Å². The third-order valence-electron chi connectivity index (χ3n) is 4.24. The maximum atomic E-state index is 12.4. The van der Waals surface area contributed by atoms with E-state index in [0.717, 1.165) is 5.75 Å². The molecule has 1 atom stereocenters. The summed E-state index contributed by atoms with van der Waals surface area (Å²) in [6.07, 6.45) is 1.07. The first-order valence-corrected chi connectivity index (χ1v) is 9.86. The van der Waals surface area contributed by atoms with Crippen LogP contribution in [0.1, 0.15) is 19.8 Å². The Hall–Kier alpha value is -1.64. The lowest BCUT2D eigenvalue weighted by atomic mass is 9.97. The quantitative estimate of drug-likeness (QED) is 0.780. The molecule has 25 heavy (non-hydrogen) atoms. The summed E-state index contributed by atoms with van der Waals surface area (Å²) in [6, 6.07) is 9.34. The highest BCUT2D eigenvalue weighted by molar-refractivity contribution is 7.86. The predicted molar refractivity (Wildman–Crippen MR) is 96.4 cm³/mol. The Bertz CT molecular complexity index is 656. The van der Waals surface area contributed by atoms with Crippen LogP contribution >= 0.6 is 0 Å². The number of para-hydroxylation sites is 1. The Morgan fingerprint density at radius 1 is 1.28 bits per heavy atom. The van der Waals surface area contributed by atoms with Crippen molar-refractivity contribution in [2.45, 2.75) is 25.8 Å². The molecule has 7 nitrogen and oxygen atoms in total. The normalized spacial score (nSPS) is 18.1. The molecular weight excluding hydrogens is 342 g/mol. The number of ether oxygens (including phenoxy) is 1. The molecule has 1 aromatic carbocycles. The molecule has 0 unspecified atom stereocenters. The Morgan fingerprint density at radius 3 is 2.44 bits per heavy atom. The highest BCUT2D eigenvalue weighted by Crippen LogP contribution is 2.21. The van der Waals surface area contributed by atoms with Crippen molar-refractivity contribution in [3.8, 4) is 5.75 Å². The molecule has 140 valence electrons. The minimum absolute atomic E-state index is 0.0361. The zero-order valence-electron chi connectivity index (χ0n) is 15.0. The Balaban J connectivity index is 1.76. The van der Waals surface area contributed by atoms with Gasteiger partial charge in [0.15, 0.2) is 0 Å². The Kier molecular flexibility index (Phi) is 6.80. The summed E-state index contributed by atoms with van der Waals surface area (Å²) in [5, 5.41) is 2.95. The van der Waals surface area contributed by atoms with Crippen molar-refractivity contribution in [2.24, 2.45) is 5.92 Å². The molecular formula is C17H27N3O4S. The van der Waals surface area contributed by atoms with Crippen LogP contribution in [0.2, 0.25) is 0 Å². The van der Waals surface area contributed by atoms with Crippen LogP contribution in [0, 0.1) is 5.92 Å². The first kappa shape index (κ1) is 19.7. The lowest BCUT2D eigenvalue weighted by Crippen LogP contribution is -2.48. The molecule has 1 aromatic rings. The highest BCUT2D eigenvalue weighted by Gasteiger charge is 2.32. The van der Waals surface area contributed by atoms with E-state index in [0.29, 0.717) is 32.5 Å². The van der Waals surface area contributed by atoms with Gasteiger partial charge in [-0.1, -0.05) is 18.2 Å². The summed E-state index contributed by atoms with van der Waals surface area (Å²) in [5.41, 5.74) is 0. The first-order valence-electron chi connectivity index (χ1n) is 8.46. The zero-order valence-corrected chi connectivity index (χ0v) is 15.8. The molecule has 8 heteroatoms. The van der Waals surface area contributed by atoms with Gasteiger partial charge in [0.25, 0.3) is 10.2 Å². The number of nitrogens with zero attached hydrogens (tertiary/aromatic N) is 2. The summed E-state index contributed by atoms with van der Waals surface area (Å²) in [4.78, 5) is 12.4. The van der Waals surface area contributed by atoms with E-state index < -0.39 is 10.2 Å². The molecule has 0 aliphatic carbocycles. The first-order chi connectivity index (χ1) is 11.8. The van der Waals surface area contributed by atoms with E-state index in [4.69, 9.17) is 4.74 Å². The van der Waals surface area contributed by atoms with Crippen molar-refractivity contribution in [3.05, 3.63) is 30.3 Å². The molecule has 0 radical (unpaired) electrons. The van der Waals surface area contributed by atoms with Crippen LogP contribution in [0.25, 0.3) is 0 Å². The number of hydrogen-bond acceptors (Lipinski definition) is 4. The molecule has 1 saturated heterocycles. The van der Waals surface area contributed by atoms with Gasteiger partial charge in [-0.3, -0.25) is 4.79 Å². The second-order valence-corrected chi connectivity index (χ2v) is 8.64. The number of piperidine rings is 1. The molecule has 1 fully saturated rings. The van der Waals surface area contributed by atoms with Gasteiger partial charge in [0.2, 0.25) is 5.91 Å². The molecule has 1 amide bonds. The minimum Gasteiger partial charge on any atom is -0.491 e. The minimum atomic E-state index is -3.40. The third-order valence-corrected chi connectivity index (χ3v) is 6.18.